The van der Waals surface area contributed by atoms with Crippen molar-refractivity contribution >= 4 is 29.2 Å². The zero-order valence-electron chi connectivity index (χ0n) is 15.1. The molecular formula is C21H21Cl2NO4. The smallest absolute Gasteiger partial charge is 0.324 e. The van der Waals surface area contributed by atoms with Crippen molar-refractivity contribution in [2.24, 2.45) is 5.90 Å². The van der Waals surface area contributed by atoms with E-state index < -0.39 is 18.2 Å². The van der Waals surface area contributed by atoms with Gasteiger partial charge in [-0.25, -0.2) is 0 Å². The van der Waals surface area contributed by atoms with E-state index in [-0.39, 0.29) is 12.8 Å². The van der Waals surface area contributed by atoms with Gasteiger partial charge in [0.15, 0.2) is 0 Å². The van der Waals surface area contributed by atoms with Crippen LogP contribution >= 0.6 is 23.2 Å². The molecule has 0 fully saturated rings. The first-order valence-corrected chi connectivity index (χ1v) is 9.22. The van der Waals surface area contributed by atoms with E-state index in [1.165, 1.54) is 0 Å². The maximum Gasteiger partial charge on any atom is 0.324 e. The van der Waals surface area contributed by atoms with Gasteiger partial charge < -0.3 is 15.1 Å². The van der Waals surface area contributed by atoms with Crippen LogP contribution < -0.4 is 5.90 Å². The van der Waals surface area contributed by atoms with E-state index in [4.69, 9.17) is 29.1 Å². The molecule has 0 aromatic heterocycles. The summed E-state index contributed by atoms with van der Waals surface area (Å²) in [5.41, 5.74) is 0.722. The zero-order valence-corrected chi connectivity index (χ0v) is 16.6. The molecule has 0 amide bonds. The second-order valence-electron chi connectivity index (χ2n) is 5.63. The summed E-state index contributed by atoms with van der Waals surface area (Å²) in [6.45, 7) is 0. The van der Waals surface area contributed by atoms with Gasteiger partial charge in [0.2, 0.25) is 0 Å². The Balaban J connectivity index is 2.33. The van der Waals surface area contributed by atoms with E-state index in [1.807, 2.05) is 0 Å². The molecule has 0 spiro atoms. The summed E-state index contributed by atoms with van der Waals surface area (Å²) < 4.78 is 0. The Bertz CT molecular complexity index is 828. The maximum absolute atomic E-state index is 10.8. The number of aliphatic hydroxyl groups excluding tert-OH is 2. The number of carbonyl (C=O) groups excluding carboxylic acids is 1. The van der Waals surface area contributed by atoms with Gasteiger partial charge in [0.25, 0.3) is 0 Å². The first-order chi connectivity index (χ1) is 13.4. The first-order valence-electron chi connectivity index (χ1n) is 8.46. The fraction of sp³-hybridized carbons (Fsp3) is 0.286. The number of rotatable bonds is 7. The third kappa shape index (κ3) is 10.8. The van der Waals surface area contributed by atoms with Crippen molar-refractivity contribution in [3.63, 3.8) is 0 Å². The van der Waals surface area contributed by atoms with Crippen molar-refractivity contribution in [2.75, 3.05) is 0 Å². The van der Waals surface area contributed by atoms with Gasteiger partial charge in [-0.1, -0.05) is 65.1 Å². The van der Waals surface area contributed by atoms with E-state index in [9.17, 15) is 15.0 Å². The van der Waals surface area contributed by atoms with Gasteiger partial charge in [0.1, 0.15) is 6.10 Å². The molecule has 0 bridgehead atoms. The van der Waals surface area contributed by atoms with Crippen molar-refractivity contribution in [3.05, 3.63) is 58.1 Å². The Morgan fingerprint density at radius 2 is 2.04 bits per heavy atom. The van der Waals surface area contributed by atoms with Crippen LogP contribution in [0.25, 0.3) is 0 Å². The lowest BCUT2D eigenvalue weighted by Crippen LogP contribution is -2.11. The molecule has 2 atom stereocenters. The maximum atomic E-state index is 10.8. The molecule has 0 saturated heterocycles. The first kappa shape index (κ1) is 23.8. The third-order valence-corrected chi connectivity index (χ3v) is 4.07. The summed E-state index contributed by atoms with van der Waals surface area (Å²) >= 11 is 11.7. The highest BCUT2D eigenvalue weighted by Gasteiger charge is 2.03. The van der Waals surface area contributed by atoms with E-state index in [0.29, 0.717) is 22.9 Å². The standard InChI is InChI=1S/C21H21Cl2NO4/c22-19-14-13-16(15-20(19)23)7-5-10-17(25)8-3-1-2-4-9-18(26)11-6-12-21(27)28-24/h1-3,8,13-15,17-18,25-26H,6,10-12,24H2/b2-1+,8-3+/t17-,18+/m0/s1. The highest BCUT2D eigenvalue weighted by molar-refractivity contribution is 6.42. The lowest BCUT2D eigenvalue weighted by Gasteiger charge is -2.01. The summed E-state index contributed by atoms with van der Waals surface area (Å²) in [4.78, 5) is 14.8. The van der Waals surface area contributed by atoms with Gasteiger partial charge in [-0.2, -0.15) is 5.90 Å². The SMILES string of the molecule is NOC(=O)CCC[C@H](O)C#C/C=C/C=C/[C@H](O)CC#Cc1ccc(Cl)c(Cl)c1. The molecule has 1 rings (SSSR count). The molecule has 1 aromatic carbocycles. The Labute approximate surface area is 174 Å². The van der Waals surface area contributed by atoms with Crippen LogP contribution in [0.2, 0.25) is 10.0 Å². The summed E-state index contributed by atoms with van der Waals surface area (Å²) in [6, 6.07) is 5.09. The van der Waals surface area contributed by atoms with E-state index in [1.54, 1.807) is 42.5 Å². The number of carbonyl (C=O) groups is 1. The summed E-state index contributed by atoms with van der Waals surface area (Å²) in [7, 11) is 0. The highest BCUT2D eigenvalue weighted by Crippen LogP contribution is 2.22. The van der Waals surface area contributed by atoms with Crippen LogP contribution in [-0.2, 0) is 9.63 Å². The largest absolute Gasteiger partial charge is 0.388 e. The van der Waals surface area contributed by atoms with E-state index >= 15 is 0 Å². The predicted octanol–water partition coefficient (Wildman–Crippen LogP) is 3.16. The quantitative estimate of drug-likeness (QED) is 0.357. The lowest BCUT2D eigenvalue weighted by molar-refractivity contribution is -0.144. The zero-order chi connectivity index (χ0) is 20.8. The lowest BCUT2D eigenvalue weighted by atomic mass is 10.1. The Morgan fingerprint density at radius 1 is 1.25 bits per heavy atom. The van der Waals surface area contributed by atoms with Crippen molar-refractivity contribution in [2.45, 2.75) is 37.9 Å². The number of hydrogen-bond acceptors (Lipinski definition) is 5. The van der Waals surface area contributed by atoms with Gasteiger partial charge in [0.05, 0.1) is 16.1 Å². The molecule has 148 valence electrons. The van der Waals surface area contributed by atoms with Gasteiger partial charge in [-0.05, 0) is 37.1 Å². The fourth-order valence-corrected chi connectivity index (χ4v) is 2.21. The Morgan fingerprint density at radius 3 is 2.75 bits per heavy atom. The van der Waals surface area contributed by atoms with E-state index in [0.717, 1.165) is 5.56 Å². The summed E-state index contributed by atoms with van der Waals surface area (Å²) in [6.07, 6.45) is 6.04. The molecule has 28 heavy (non-hydrogen) atoms. The Hall–Kier alpha value is -2.25. The van der Waals surface area contributed by atoms with Crippen molar-refractivity contribution in [1.29, 1.82) is 0 Å². The fourth-order valence-electron chi connectivity index (χ4n) is 1.91. The molecule has 0 aliphatic heterocycles. The van der Waals surface area contributed by atoms with Crippen molar-refractivity contribution in [3.8, 4) is 23.7 Å². The van der Waals surface area contributed by atoms with Crippen LogP contribution in [0.15, 0.2) is 42.5 Å². The minimum Gasteiger partial charge on any atom is -0.388 e. The van der Waals surface area contributed by atoms with Crippen LogP contribution in [0.1, 0.15) is 31.2 Å². The molecule has 1 aromatic rings. The van der Waals surface area contributed by atoms with Crippen LogP contribution in [0.5, 0.6) is 0 Å². The van der Waals surface area contributed by atoms with Crippen molar-refractivity contribution in [1.82, 2.24) is 0 Å². The number of nitrogens with two attached hydrogens (primary N) is 1. The highest BCUT2D eigenvalue weighted by atomic mass is 35.5. The molecular weight excluding hydrogens is 401 g/mol. The molecule has 0 aliphatic carbocycles. The molecule has 0 unspecified atom stereocenters. The third-order valence-electron chi connectivity index (χ3n) is 3.33. The molecule has 0 radical (unpaired) electrons. The number of hydrogen-bond donors (Lipinski definition) is 3. The van der Waals surface area contributed by atoms with E-state index in [2.05, 4.69) is 28.5 Å². The van der Waals surface area contributed by atoms with Gasteiger partial charge >= 0.3 is 5.97 Å². The predicted molar refractivity (Wildman–Crippen MR) is 110 cm³/mol. The average Bonchev–Trinajstić information content (AvgIpc) is 2.67. The minimum atomic E-state index is -0.832. The molecule has 5 nitrogen and oxygen atoms in total. The van der Waals surface area contributed by atoms with Crippen LogP contribution in [-0.4, -0.2) is 28.4 Å². The van der Waals surface area contributed by atoms with Crippen LogP contribution in [0.4, 0.5) is 0 Å². The number of halogens is 2. The second kappa shape index (κ2) is 13.8. The normalized spacial score (nSPS) is 12.8. The van der Waals surface area contributed by atoms with Gasteiger partial charge in [-0.15, -0.1) is 0 Å². The van der Waals surface area contributed by atoms with Crippen LogP contribution in [0.3, 0.4) is 0 Å². The van der Waals surface area contributed by atoms with Gasteiger partial charge in [0, 0.05) is 18.4 Å². The van der Waals surface area contributed by atoms with Crippen LogP contribution in [0, 0.1) is 23.7 Å². The summed E-state index contributed by atoms with van der Waals surface area (Å²) in [5, 5.41) is 20.4. The number of benzene rings is 1. The van der Waals surface area contributed by atoms with Crippen molar-refractivity contribution < 1.29 is 19.8 Å². The topological polar surface area (TPSA) is 92.8 Å². The second-order valence-corrected chi connectivity index (χ2v) is 6.45. The number of aliphatic hydroxyl groups is 2. The monoisotopic (exact) mass is 421 g/mol. The Kier molecular flexibility index (Phi) is 11.8. The van der Waals surface area contributed by atoms with Gasteiger partial charge in [-0.3, -0.25) is 4.79 Å². The molecule has 0 heterocycles. The minimum absolute atomic E-state index is 0.139. The summed E-state index contributed by atoms with van der Waals surface area (Å²) in [5.74, 6) is 15.3. The molecule has 0 aliphatic rings. The molecule has 4 N–H and O–H groups in total. The molecule has 7 heteroatoms. The number of allylic oxidation sites excluding steroid dienone is 3. The average molecular weight is 422 g/mol. The molecule has 0 saturated carbocycles.